The molecule has 0 fully saturated rings. The Morgan fingerprint density at radius 2 is 1.56 bits per heavy atom. The highest BCUT2D eigenvalue weighted by atomic mass is 35.5. The first kappa shape index (κ1) is 30.1. The molecule has 10 heteroatoms. The number of hydrogen-bond donors (Lipinski definition) is 1. The lowest BCUT2D eigenvalue weighted by Gasteiger charge is -2.33. The fourth-order valence-corrected chi connectivity index (χ4v) is 5.64. The Bertz CT molecular complexity index is 1370. The van der Waals surface area contributed by atoms with Crippen LogP contribution in [-0.4, -0.2) is 44.3 Å². The van der Waals surface area contributed by atoms with E-state index in [2.05, 4.69) is 5.32 Å². The minimum absolute atomic E-state index is 0.00520. The molecule has 1 N–H and O–H groups in total. The van der Waals surface area contributed by atoms with E-state index in [1.807, 2.05) is 13.8 Å². The number of halogens is 2. The van der Waals surface area contributed by atoms with E-state index in [0.29, 0.717) is 23.6 Å². The van der Waals surface area contributed by atoms with Crippen LogP contribution < -0.4 is 9.62 Å². The lowest BCUT2D eigenvalue weighted by molar-refractivity contribution is -0.140. The van der Waals surface area contributed by atoms with E-state index >= 15 is 0 Å². The number of benzene rings is 3. The number of anilines is 1. The van der Waals surface area contributed by atoms with Gasteiger partial charge in [-0.05, 0) is 60.4 Å². The van der Waals surface area contributed by atoms with Crippen LogP contribution in [0.2, 0.25) is 5.02 Å². The Hall–Kier alpha value is -3.43. The second-order valence-electron chi connectivity index (χ2n) is 9.48. The van der Waals surface area contributed by atoms with Gasteiger partial charge in [-0.2, -0.15) is 0 Å². The monoisotopic (exact) mass is 573 g/mol. The van der Waals surface area contributed by atoms with Gasteiger partial charge in [0.2, 0.25) is 11.8 Å². The van der Waals surface area contributed by atoms with Crippen molar-refractivity contribution in [1.82, 2.24) is 10.2 Å². The van der Waals surface area contributed by atoms with Gasteiger partial charge in [0.15, 0.2) is 0 Å². The number of nitrogens with one attached hydrogen (secondary N) is 1. The van der Waals surface area contributed by atoms with Crippen LogP contribution in [0.25, 0.3) is 0 Å². The summed E-state index contributed by atoms with van der Waals surface area (Å²) in [5.41, 5.74) is 0.727. The van der Waals surface area contributed by atoms with Crippen LogP contribution in [-0.2, 0) is 26.2 Å². The van der Waals surface area contributed by atoms with Crippen molar-refractivity contribution in [3.05, 3.63) is 95.3 Å². The molecule has 0 aliphatic heterocycles. The average Bonchev–Trinajstić information content (AvgIpc) is 2.92. The summed E-state index contributed by atoms with van der Waals surface area (Å²) in [7, 11) is -4.21. The summed E-state index contributed by atoms with van der Waals surface area (Å²) in [5, 5.41) is 3.29. The topological polar surface area (TPSA) is 86.8 Å². The lowest BCUT2D eigenvalue weighted by atomic mass is 10.1. The van der Waals surface area contributed by atoms with Gasteiger partial charge in [0.25, 0.3) is 10.0 Å². The predicted octanol–water partition coefficient (Wildman–Crippen LogP) is 5.25. The number of sulfonamides is 1. The van der Waals surface area contributed by atoms with E-state index in [4.69, 9.17) is 11.6 Å². The second-order valence-corrected chi connectivity index (χ2v) is 11.7. The first-order chi connectivity index (χ1) is 18.5. The van der Waals surface area contributed by atoms with Crippen molar-refractivity contribution in [2.45, 2.75) is 44.7 Å². The fourth-order valence-electron chi connectivity index (χ4n) is 4.01. The molecule has 3 aromatic carbocycles. The lowest BCUT2D eigenvalue weighted by Crippen LogP contribution is -2.52. The molecule has 7 nitrogen and oxygen atoms in total. The summed E-state index contributed by atoms with van der Waals surface area (Å²) >= 11 is 6.39. The van der Waals surface area contributed by atoms with Crippen molar-refractivity contribution in [2.75, 3.05) is 17.4 Å². The molecule has 0 saturated heterocycles. The van der Waals surface area contributed by atoms with E-state index < -0.39 is 34.3 Å². The van der Waals surface area contributed by atoms with E-state index in [1.165, 1.54) is 29.2 Å². The van der Waals surface area contributed by atoms with E-state index in [9.17, 15) is 22.4 Å². The first-order valence-electron chi connectivity index (χ1n) is 12.7. The highest BCUT2D eigenvalue weighted by molar-refractivity contribution is 7.92. The van der Waals surface area contributed by atoms with Crippen molar-refractivity contribution in [2.24, 2.45) is 5.92 Å². The molecule has 0 bridgehead atoms. The van der Waals surface area contributed by atoms with Gasteiger partial charge in [-0.15, -0.1) is 0 Å². The van der Waals surface area contributed by atoms with Crippen LogP contribution >= 0.6 is 11.6 Å². The summed E-state index contributed by atoms with van der Waals surface area (Å²) in [6.07, 6.45) is 0.294. The van der Waals surface area contributed by atoms with Crippen molar-refractivity contribution >= 4 is 39.1 Å². The molecule has 0 unspecified atom stereocenters. The molecular weight excluding hydrogens is 541 g/mol. The van der Waals surface area contributed by atoms with Gasteiger partial charge in [0.05, 0.1) is 10.6 Å². The average molecular weight is 574 g/mol. The summed E-state index contributed by atoms with van der Waals surface area (Å²) in [6.45, 7) is 5.51. The zero-order valence-corrected chi connectivity index (χ0v) is 23.8. The van der Waals surface area contributed by atoms with Gasteiger partial charge >= 0.3 is 0 Å². The molecule has 0 aliphatic rings. The molecule has 39 heavy (non-hydrogen) atoms. The fraction of sp³-hybridized carbons (Fsp3) is 0.310. The largest absolute Gasteiger partial charge is 0.354 e. The highest BCUT2D eigenvalue weighted by Crippen LogP contribution is 2.26. The maximum Gasteiger partial charge on any atom is 0.264 e. The highest BCUT2D eigenvalue weighted by Gasteiger charge is 2.34. The van der Waals surface area contributed by atoms with Crippen molar-refractivity contribution < 1.29 is 22.4 Å². The Labute approximate surface area is 234 Å². The number of carbonyl (C=O) groups excluding carboxylic acids is 2. The number of amides is 2. The standard InChI is InChI=1S/C29H33ClFN3O4S/c1-4-27(29(36)32-18-21(2)3)33(19-22-10-8-9-13-26(22)30)28(35)20-34(24-16-14-23(31)15-17-24)39(37,38)25-11-6-5-7-12-25/h5-17,21,27H,4,18-20H2,1-3H3,(H,32,36)/t27-/m0/s1. The van der Waals surface area contributed by atoms with E-state index in [-0.39, 0.29) is 29.0 Å². The molecule has 0 saturated carbocycles. The summed E-state index contributed by atoms with van der Waals surface area (Å²) in [5.74, 6) is -1.30. The SMILES string of the molecule is CC[C@@H](C(=O)NCC(C)C)N(Cc1ccccc1Cl)C(=O)CN(c1ccc(F)cc1)S(=O)(=O)c1ccccc1. The predicted molar refractivity (Wildman–Crippen MR) is 151 cm³/mol. The Balaban J connectivity index is 2.04. The third-order valence-electron chi connectivity index (χ3n) is 6.09. The molecule has 0 aromatic heterocycles. The Kier molecular flexibility index (Phi) is 10.5. The van der Waals surface area contributed by atoms with Crippen LogP contribution in [0.5, 0.6) is 0 Å². The molecule has 2 amide bonds. The van der Waals surface area contributed by atoms with Crippen LogP contribution in [0.4, 0.5) is 10.1 Å². The van der Waals surface area contributed by atoms with Gasteiger partial charge in [-0.1, -0.05) is 68.8 Å². The molecule has 3 aromatic rings. The third-order valence-corrected chi connectivity index (χ3v) is 8.25. The molecule has 0 spiro atoms. The van der Waals surface area contributed by atoms with Gasteiger partial charge in [-0.25, -0.2) is 12.8 Å². The first-order valence-corrected chi connectivity index (χ1v) is 14.5. The molecule has 0 heterocycles. The maximum atomic E-state index is 14.0. The van der Waals surface area contributed by atoms with Crippen LogP contribution in [0, 0.1) is 11.7 Å². The number of rotatable bonds is 12. The van der Waals surface area contributed by atoms with Crippen LogP contribution in [0.1, 0.15) is 32.8 Å². The third kappa shape index (κ3) is 7.80. The molecule has 208 valence electrons. The zero-order valence-electron chi connectivity index (χ0n) is 22.2. The van der Waals surface area contributed by atoms with Crippen molar-refractivity contribution in [3.8, 4) is 0 Å². The van der Waals surface area contributed by atoms with E-state index in [1.54, 1.807) is 49.4 Å². The minimum Gasteiger partial charge on any atom is -0.354 e. The van der Waals surface area contributed by atoms with E-state index in [0.717, 1.165) is 16.4 Å². The molecular formula is C29H33ClFN3O4S. The van der Waals surface area contributed by atoms with Gasteiger partial charge in [-0.3, -0.25) is 13.9 Å². The number of nitrogens with zero attached hydrogens (tertiary/aromatic N) is 2. The van der Waals surface area contributed by atoms with Crippen molar-refractivity contribution in [3.63, 3.8) is 0 Å². The van der Waals surface area contributed by atoms with Crippen molar-refractivity contribution in [1.29, 1.82) is 0 Å². The van der Waals surface area contributed by atoms with Crippen LogP contribution in [0.15, 0.2) is 83.8 Å². The summed E-state index contributed by atoms with van der Waals surface area (Å²) in [4.78, 5) is 28.5. The Morgan fingerprint density at radius 3 is 2.15 bits per heavy atom. The smallest absolute Gasteiger partial charge is 0.264 e. The Morgan fingerprint density at radius 1 is 0.949 bits per heavy atom. The normalized spacial score (nSPS) is 12.2. The maximum absolute atomic E-state index is 14.0. The molecule has 1 atom stereocenters. The van der Waals surface area contributed by atoms with Crippen LogP contribution in [0.3, 0.4) is 0 Å². The molecule has 0 aliphatic carbocycles. The number of carbonyl (C=O) groups is 2. The molecule has 3 rings (SSSR count). The summed E-state index contributed by atoms with van der Waals surface area (Å²) in [6, 6.07) is 18.6. The zero-order chi connectivity index (χ0) is 28.6. The summed E-state index contributed by atoms with van der Waals surface area (Å²) < 4.78 is 42.0. The number of hydrogen-bond acceptors (Lipinski definition) is 4. The van der Waals surface area contributed by atoms with Gasteiger partial charge < -0.3 is 10.2 Å². The second kappa shape index (κ2) is 13.6. The molecule has 0 radical (unpaired) electrons. The van der Waals surface area contributed by atoms with Gasteiger partial charge in [0.1, 0.15) is 18.4 Å². The quantitative estimate of drug-likeness (QED) is 0.320. The minimum atomic E-state index is -4.21. The van der Waals surface area contributed by atoms with Gasteiger partial charge in [0, 0.05) is 18.1 Å².